The minimum Gasteiger partial charge on any atom is -0.307 e. The second kappa shape index (κ2) is 5.74. The van der Waals surface area contributed by atoms with Gasteiger partial charge in [0.05, 0.1) is 5.69 Å². The van der Waals surface area contributed by atoms with Crippen molar-refractivity contribution in [2.24, 2.45) is 0 Å². The molecule has 0 bridgehead atoms. The average molecular weight is 241 g/mol. The second-order valence-corrected chi connectivity index (χ2v) is 4.68. The summed E-state index contributed by atoms with van der Waals surface area (Å²) in [6.45, 7) is 8.12. The molecule has 0 unspecified atom stereocenters. The number of aryl methyl sites for hydroxylation is 3. The van der Waals surface area contributed by atoms with Crippen LogP contribution in [0.4, 0.5) is 0 Å². The number of benzene rings is 1. The molecule has 1 N–H and O–H groups in total. The molecule has 2 aromatic rings. The SMILES string of the molecule is Cc1cc(C)c(CNCc2ccncn2)c(C)c1. The Hall–Kier alpha value is -1.74. The lowest BCUT2D eigenvalue weighted by molar-refractivity contribution is 0.672. The third-order valence-corrected chi connectivity index (χ3v) is 3.09. The maximum atomic E-state index is 4.20. The minimum absolute atomic E-state index is 0.773. The van der Waals surface area contributed by atoms with Crippen molar-refractivity contribution in [3.05, 3.63) is 58.7 Å². The van der Waals surface area contributed by atoms with Crippen molar-refractivity contribution in [2.75, 3.05) is 0 Å². The molecule has 2 rings (SSSR count). The Balaban J connectivity index is 1.99. The van der Waals surface area contributed by atoms with Gasteiger partial charge >= 0.3 is 0 Å². The maximum absolute atomic E-state index is 4.20. The molecule has 0 saturated carbocycles. The van der Waals surface area contributed by atoms with E-state index in [1.165, 1.54) is 22.3 Å². The van der Waals surface area contributed by atoms with Gasteiger partial charge in [-0.15, -0.1) is 0 Å². The zero-order valence-corrected chi connectivity index (χ0v) is 11.2. The van der Waals surface area contributed by atoms with Crippen LogP contribution in [0, 0.1) is 20.8 Å². The average Bonchev–Trinajstić information content (AvgIpc) is 2.34. The highest BCUT2D eigenvalue weighted by atomic mass is 14.9. The third-order valence-electron chi connectivity index (χ3n) is 3.09. The third kappa shape index (κ3) is 3.14. The number of nitrogens with one attached hydrogen (secondary N) is 1. The minimum atomic E-state index is 0.773. The molecule has 0 fully saturated rings. The molecule has 1 aromatic heterocycles. The lowest BCUT2D eigenvalue weighted by Crippen LogP contribution is -2.15. The fourth-order valence-corrected chi connectivity index (χ4v) is 2.23. The van der Waals surface area contributed by atoms with Crippen molar-refractivity contribution in [3.63, 3.8) is 0 Å². The molecule has 1 aromatic carbocycles. The van der Waals surface area contributed by atoms with Gasteiger partial charge in [0, 0.05) is 19.3 Å². The Morgan fingerprint density at radius 3 is 2.39 bits per heavy atom. The van der Waals surface area contributed by atoms with Crippen molar-refractivity contribution in [1.82, 2.24) is 15.3 Å². The summed E-state index contributed by atoms with van der Waals surface area (Å²) in [7, 11) is 0. The second-order valence-electron chi connectivity index (χ2n) is 4.68. The quantitative estimate of drug-likeness (QED) is 0.894. The zero-order chi connectivity index (χ0) is 13.0. The Labute approximate surface area is 108 Å². The van der Waals surface area contributed by atoms with Crippen LogP contribution < -0.4 is 5.32 Å². The topological polar surface area (TPSA) is 37.8 Å². The van der Waals surface area contributed by atoms with Gasteiger partial charge < -0.3 is 5.32 Å². The summed E-state index contributed by atoms with van der Waals surface area (Å²) in [4.78, 5) is 8.11. The van der Waals surface area contributed by atoms with Crippen LogP contribution in [0.15, 0.2) is 30.7 Å². The van der Waals surface area contributed by atoms with Gasteiger partial charge in [-0.2, -0.15) is 0 Å². The van der Waals surface area contributed by atoms with Crippen LogP contribution in [0.1, 0.15) is 27.9 Å². The van der Waals surface area contributed by atoms with E-state index in [1.54, 1.807) is 12.5 Å². The van der Waals surface area contributed by atoms with E-state index >= 15 is 0 Å². The predicted octanol–water partition coefficient (Wildman–Crippen LogP) is 2.69. The van der Waals surface area contributed by atoms with Crippen molar-refractivity contribution in [1.29, 1.82) is 0 Å². The monoisotopic (exact) mass is 241 g/mol. The molecule has 94 valence electrons. The number of rotatable bonds is 4. The van der Waals surface area contributed by atoms with Gasteiger partial charge in [-0.1, -0.05) is 17.7 Å². The number of nitrogens with zero attached hydrogens (tertiary/aromatic N) is 2. The zero-order valence-electron chi connectivity index (χ0n) is 11.2. The molecule has 0 saturated heterocycles. The first-order chi connectivity index (χ1) is 8.66. The van der Waals surface area contributed by atoms with Gasteiger partial charge in [0.25, 0.3) is 0 Å². The molecule has 0 radical (unpaired) electrons. The van der Waals surface area contributed by atoms with Crippen molar-refractivity contribution in [2.45, 2.75) is 33.9 Å². The predicted molar refractivity (Wildman–Crippen MR) is 73.2 cm³/mol. The first-order valence-electron chi connectivity index (χ1n) is 6.19. The van der Waals surface area contributed by atoms with E-state index in [4.69, 9.17) is 0 Å². The molecular formula is C15H19N3. The summed E-state index contributed by atoms with van der Waals surface area (Å²) in [5.74, 6) is 0. The van der Waals surface area contributed by atoms with Gasteiger partial charge in [0.15, 0.2) is 0 Å². The Morgan fingerprint density at radius 1 is 1.06 bits per heavy atom. The normalized spacial score (nSPS) is 10.6. The smallest absolute Gasteiger partial charge is 0.115 e. The van der Waals surface area contributed by atoms with Crippen LogP contribution in [0.3, 0.4) is 0 Å². The van der Waals surface area contributed by atoms with E-state index in [-0.39, 0.29) is 0 Å². The summed E-state index contributed by atoms with van der Waals surface area (Å²) in [6.07, 6.45) is 3.35. The summed E-state index contributed by atoms with van der Waals surface area (Å²) in [6, 6.07) is 6.39. The van der Waals surface area contributed by atoms with E-state index in [2.05, 4.69) is 48.2 Å². The number of hydrogen-bond acceptors (Lipinski definition) is 3. The summed E-state index contributed by atoms with van der Waals surface area (Å²) in [5, 5.41) is 3.43. The molecule has 18 heavy (non-hydrogen) atoms. The van der Waals surface area contributed by atoms with E-state index < -0.39 is 0 Å². The Kier molecular flexibility index (Phi) is 4.05. The highest BCUT2D eigenvalue weighted by Gasteiger charge is 2.03. The summed E-state index contributed by atoms with van der Waals surface area (Å²) < 4.78 is 0. The molecule has 3 nitrogen and oxygen atoms in total. The van der Waals surface area contributed by atoms with E-state index in [9.17, 15) is 0 Å². The molecule has 0 aliphatic carbocycles. The van der Waals surface area contributed by atoms with Crippen LogP contribution in [0.25, 0.3) is 0 Å². The maximum Gasteiger partial charge on any atom is 0.115 e. The molecule has 0 amide bonds. The molecule has 0 atom stereocenters. The Morgan fingerprint density at radius 2 is 1.78 bits per heavy atom. The largest absolute Gasteiger partial charge is 0.307 e. The fourth-order valence-electron chi connectivity index (χ4n) is 2.23. The van der Waals surface area contributed by atoms with Crippen LogP contribution in [0.5, 0.6) is 0 Å². The van der Waals surface area contributed by atoms with Crippen molar-refractivity contribution >= 4 is 0 Å². The summed E-state index contributed by atoms with van der Waals surface area (Å²) >= 11 is 0. The van der Waals surface area contributed by atoms with Crippen LogP contribution >= 0.6 is 0 Å². The molecule has 0 spiro atoms. The van der Waals surface area contributed by atoms with Crippen molar-refractivity contribution in [3.8, 4) is 0 Å². The van der Waals surface area contributed by atoms with Gasteiger partial charge in [0.2, 0.25) is 0 Å². The number of hydrogen-bond donors (Lipinski definition) is 1. The lowest BCUT2D eigenvalue weighted by atomic mass is 10.00. The number of aromatic nitrogens is 2. The summed E-state index contributed by atoms with van der Waals surface area (Å²) in [5.41, 5.74) is 6.43. The first kappa shape index (κ1) is 12.7. The fraction of sp³-hybridized carbons (Fsp3) is 0.333. The highest BCUT2D eigenvalue weighted by molar-refractivity contribution is 5.37. The van der Waals surface area contributed by atoms with E-state index in [1.807, 2.05) is 6.07 Å². The molecule has 0 aliphatic rings. The molecular weight excluding hydrogens is 222 g/mol. The highest BCUT2D eigenvalue weighted by Crippen LogP contribution is 2.16. The first-order valence-corrected chi connectivity index (χ1v) is 6.19. The van der Waals surface area contributed by atoms with Gasteiger partial charge in [-0.3, -0.25) is 0 Å². The van der Waals surface area contributed by atoms with Crippen LogP contribution in [-0.4, -0.2) is 9.97 Å². The molecule has 3 heteroatoms. The van der Waals surface area contributed by atoms with E-state index in [0.717, 1.165) is 18.8 Å². The standard InChI is InChI=1S/C15H19N3/c1-11-6-12(2)15(13(3)7-11)9-17-8-14-4-5-16-10-18-14/h4-7,10,17H,8-9H2,1-3H3. The lowest BCUT2D eigenvalue weighted by Gasteiger charge is -2.12. The van der Waals surface area contributed by atoms with E-state index in [0.29, 0.717) is 0 Å². The van der Waals surface area contributed by atoms with Crippen LogP contribution in [0.2, 0.25) is 0 Å². The molecule has 0 aliphatic heterocycles. The van der Waals surface area contributed by atoms with Gasteiger partial charge in [-0.25, -0.2) is 9.97 Å². The van der Waals surface area contributed by atoms with Gasteiger partial charge in [-0.05, 0) is 43.5 Å². The Bertz CT molecular complexity index is 498. The van der Waals surface area contributed by atoms with Crippen molar-refractivity contribution < 1.29 is 0 Å². The van der Waals surface area contributed by atoms with Gasteiger partial charge in [0.1, 0.15) is 6.33 Å². The molecule has 1 heterocycles. The van der Waals surface area contributed by atoms with Crippen LogP contribution in [-0.2, 0) is 13.1 Å².